The number of halogens is 2. The summed E-state index contributed by atoms with van der Waals surface area (Å²) < 4.78 is 0. The van der Waals surface area contributed by atoms with Gasteiger partial charge in [-0.15, -0.1) is 12.4 Å². The van der Waals surface area contributed by atoms with Gasteiger partial charge < -0.3 is 16.0 Å². The van der Waals surface area contributed by atoms with E-state index in [2.05, 4.69) is 5.32 Å². The summed E-state index contributed by atoms with van der Waals surface area (Å²) in [6, 6.07) is 6.85. The Hall–Kier alpha value is -1.30. The molecule has 0 heterocycles. The fourth-order valence-corrected chi connectivity index (χ4v) is 2.01. The summed E-state index contributed by atoms with van der Waals surface area (Å²) in [6.07, 6.45) is 1.82. The second-order valence-corrected chi connectivity index (χ2v) is 5.20. The number of amides is 2. The van der Waals surface area contributed by atoms with Gasteiger partial charge in [-0.2, -0.15) is 0 Å². The largest absolute Gasteiger partial charge is 0.333 e. The molecular formula is C15H23Cl2N3O2. The lowest BCUT2D eigenvalue weighted by Crippen LogP contribution is -2.38. The van der Waals surface area contributed by atoms with E-state index in [4.69, 9.17) is 17.3 Å². The molecule has 22 heavy (non-hydrogen) atoms. The second-order valence-electron chi connectivity index (χ2n) is 4.76. The van der Waals surface area contributed by atoms with Gasteiger partial charge in [-0.1, -0.05) is 18.5 Å². The summed E-state index contributed by atoms with van der Waals surface area (Å²) in [5, 5.41) is 3.36. The first kappa shape index (κ1) is 20.7. The molecule has 3 N–H and O–H groups in total. The predicted molar refractivity (Wildman–Crippen MR) is 92.5 cm³/mol. The molecule has 0 aliphatic carbocycles. The first-order chi connectivity index (χ1) is 10.1. The van der Waals surface area contributed by atoms with Crippen LogP contribution in [0.25, 0.3) is 0 Å². The van der Waals surface area contributed by atoms with Crippen LogP contribution < -0.4 is 11.1 Å². The van der Waals surface area contributed by atoms with E-state index >= 15 is 0 Å². The molecule has 1 rings (SSSR count). The zero-order valence-electron chi connectivity index (χ0n) is 12.7. The van der Waals surface area contributed by atoms with E-state index in [0.29, 0.717) is 36.6 Å². The molecule has 0 atom stereocenters. The lowest BCUT2D eigenvalue weighted by Gasteiger charge is -2.21. The molecular weight excluding hydrogens is 325 g/mol. The van der Waals surface area contributed by atoms with Gasteiger partial charge in [0.05, 0.1) is 6.54 Å². The summed E-state index contributed by atoms with van der Waals surface area (Å²) in [4.78, 5) is 25.6. The molecule has 0 aliphatic rings. The number of rotatable bonds is 8. The number of benzene rings is 1. The van der Waals surface area contributed by atoms with Crippen molar-refractivity contribution in [1.29, 1.82) is 0 Å². The number of nitrogens with zero attached hydrogens (tertiary/aromatic N) is 1. The van der Waals surface area contributed by atoms with Crippen molar-refractivity contribution in [2.75, 3.05) is 25.0 Å². The fraction of sp³-hybridized carbons (Fsp3) is 0.467. The minimum absolute atomic E-state index is 0. The van der Waals surface area contributed by atoms with E-state index in [1.165, 1.54) is 0 Å². The van der Waals surface area contributed by atoms with Gasteiger partial charge in [-0.3, -0.25) is 9.59 Å². The van der Waals surface area contributed by atoms with Crippen LogP contribution in [0, 0.1) is 0 Å². The zero-order valence-corrected chi connectivity index (χ0v) is 14.3. The van der Waals surface area contributed by atoms with E-state index in [1.807, 2.05) is 6.92 Å². The van der Waals surface area contributed by atoms with Gasteiger partial charge in [0.15, 0.2) is 0 Å². The van der Waals surface area contributed by atoms with Gasteiger partial charge >= 0.3 is 0 Å². The molecule has 0 spiro atoms. The number of anilines is 1. The van der Waals surface area contributed by atoms with Crippen molar-refractivity contribution in [3.8, 4) is 0 Å². The summed E-state index contributed by atoms with van der Waals surface area (Å²) in [6.45, 7) is 3.07. The molecule has 1 aromatic carbocycles. The highest BCUT2D eigenvalue weighted by molar-refractivity contribution is 6.30. The lowest BCUT2D eigenvalue weighted by atomic mass is 10.2. The average molecular weight is 348 g/mol. The summed E-state index contributed by atoms with van der Waals surface area (Å²) in [5.41, 5.74) is 6.07. The lowest BCUT2D eigenvalue weighted by molar-refractivity contribution is -0.134. The number of nitrogens with two attached hydrogens (primary N) is 1. The predicted octanol–water partition coefficient (Wildman–Crippen LogP) is 2.68. The van der Waals surface area contributed by atoms with Gasteiger partial charge in [-0.05, 0) is 43.7 Å². The van der Waals surface area contributed by atoms with E-state index in [0.717, 1.165) is 6.42 Å². The zero-order chi connectivity index (χ0) is 15.7. The minimum atomic E-state index is -0.216. The van der Waals surface area contributed by atoms with Crippen LogP contribution in [0.1, 0.15) is 26.2 Å². The highest BCUT2D eigenvalue weighted by Crippen LogP contribution is 2.13. The van der Waals surface area contributed by atoms with Crippen molar-refractivity contribution in [1.82, 2.24) is 4.90 Å². The van der Waals surface area contributed by atoms with Crippen LogP contribution in [0.2, 0.25) is 5.02 Å². The molecule has 0 saturated heterocycles. The SMILES string of the molecule is CCCN(CC(=O)Nc1ccc(Cl)cc1)C(=O)CCCN.Cl. The Morgan fingerprint density at radius 2 is 1.91 bits per heavy atom. The maximum atomic E-state index is 12.0. The Morgan fingerprint density at radius 1 is 1.27 bits per heavy atom. The molecule has 1 aromatic rings. The number of hydrogen-bond acceptors (Lipinski definition) is 3. The van der Waals surface area contributed by atoms with Crippen molar-refractivity contribution in [2.24, 2.45) is 5.73 Å². The van der Waals surface area contributed by atoms with Crippen LogP contribution in [-0.2, 0) is 9.59 Å². The molecule has 7 heteroatoms. The summed E-state index contributed by atoms with van der Waals surface area (Å²) in [7, 11) is 0. The van der Waals surface area contributed by atoms with E-state index < -0.39 is 0 Å². The Morgan fingerprint density at radius 3 is 2.45 bits per heavy atom. The summed E-state index contributed by atoms with van der Waals surface area (Å²) in [5.74, 6) is -0.250. The maximum Gasteiger partial charge on any atom is 0.243 e. The third-order valence-electron chi connectivity index (χ3n) is 2.90. The number of nitrogens with one attached hydrogen (secondary N) is 1. The minimum Gasteiger partial charge on any atom is -0.333 e. The first-order valence-corrected chi connectivity index (χ1v) is 7.48. The van der Waals surface area contributed by atoms with E-state index in [9.17, 15) is 9.59 Å². The van der Waals surface area contributed by atoms with Crippen molar-refractivity contribution in [3.05, 3.63) is 29.3 Å². The third-order valence-corrected chi connectivity index (χ3v) is 3.16. The molecule has 0 saturated carbocycles. The van der Waals surface area contributed by atoms with Gasteiger partial charge in [0.25, 0.3) is 0 Å². The third kappa shape index (κ3) is 7.64. The maximum absolute atomic E-state index is 12.0. The summed E-state index contributed by atoms with van der Waals surface area (Å²) >= 11 is 5.79. The molecule has 0 unspecified atom stereocenters. The van der Waals surface area contributed by atoms with E-state index in [-0.39, 0.29) is 30.8 Å². The normalized spacial score (nSPS) is 9.77. The molecule has 2 amide bonds. The molecule has 0 bridgehead atoms. The van der Waals surface area contributed by atoms with Gasteiger partial charge in [0, 0.05) is 23.7 Å². The molecule has 0 fully saturated rings. The van der Waals surface area contributed by atoms with Gasteiger partial charge in [0.2, 0.25) is 11.8 Å². The number of carbonyl (C=O) groups excluding carboxylic acids is 2. The van der Waals surface area contributed by atoms with Crippen LogP contribution in [-0.4, -0.2) is 36.3 Å². The Labute approximate surface area is 142 Å². The van der Waals surface area contributed by atoms with Crippen molar-refractivity contribution in [3.63, 3.8) is 0 Å². The monoisotopic (exact) mass is 347 g/mol. The Bertz CT molecular complexity index is 466. The van der Waals surface area contributed by atoms with Crippen molar-refractivity contribution < 1.29 is 9.59 Å². The van der Waals surface area contributed by atoms with Crippen LogP contribution in [0.4, 0.5) is 5.69 Å². The Kier molecular flexibility index (Phi) is 10.6. The highest BCUT2D eigenvalue weighted by Gasteiger charge is 2.15. The van der Waals surface area contributed by atoms with E-state index in [1.54, 1.807) is 29.2 Å². The van der Waals surface area contributed by atoms with Crippen LogP contribution in [0.3, 0.4) is 0 Å². The van der Waals surface area contributed by atoms with Gasteiger partial charge in [0.1, 0.15) is 0 Å². The number of carbonyl (C=O) groups is 2. The molecule has 0 aliphatic heterocycles. The van der Waals surface area contributed by atoms with Gasteiger partial charge in [-0.25, -0.2) is 0 Å². The van der Waals surface area contributed by atoms with Crippen molar-refractivity contribution in [2.45, 2.75) is 26.2 Å². The quantitative estimate of drug-likeness (QED) is 0.758. The molecule has 124 valence electrons. The first-order valence-electron chi connectivity index (χ1n) is 7.10. The topological polar surface area (TPSA) is 75.4 Å². The fourth-order valence-electron chi connectivity index (χ4n) is 1.88. The molecule has 5 nitrogen and oxygen atoms in total. The van der Waals surface area contributed by atoms with Crippen LogP contribution in [0.5, 0.6) is 0 Å². The number of hydrogen-bond donors (Lipinski definition) is 2. The van der Waals surface area contributed by atoms with Crippen molar-refractivity contribution >= 4 is 41.5 Å². The van der Waals surface area contributed by atoms with Crippen LogP contribution in [0.15, 0.2) is 24.3 Å². The average Bonchev–Trinajstić information content (AvgIpc) is 2.46. The molecule has 0 radical (unpaired) electrons. The Balaban J connectivity index is 0.00000441. The smallest absolute Gasteiger partial charge is 0.243 e. The molecule has 0 aromatic heterocycles. The van der Waals surface area contributed by atoms with Crippen LogP contribution >= 0.6 is 24.0 Å². The second kappa shape index (κ2) is 11.3. The highest BCUT2D eigenvalue weighted by atomic mass is 35.5. The standard InChI is InChI=1S/C15H22ClN3O2.ClH/c1-2-10-19(15(21)4-3-9-17)11-14(20)18-13-7-5-12(16)6-8-13;/h5-8H,2-4,9-11,17H2,1H3,(H,18,20);1H.